The molecule has 1 saturated carbocycles. The van der Waals surface area contributed by atoms with Gasteiger partial charge in [0.05, 0.1) is 5.52 Å². The third kappa shape index (κ3) is 4.08. The normalized spacial score (nSPS) is 20.0. The molecule has 6 nitrogen and oxygen atoms in total. The molecule has 0 N–H and O–H groups in total. The van der Waals surface area contributed by atoms with Crippen LogP contribution in [0, 0.1) is 0 Å². The fraction of sp³-hybridized carbons (Fsp3) is 0.636. The van der Waals surface area contributed by atoms with Gasteiger partial charge in [0.1, 0.15) is 0 Å². The Bertz CT molecular complexity index is 871. The van der Waals surface area contributed by atoms with Gasteiger partial charge in [-0.15, -0.1) is 0 Å². The molecule has 2 aliphatic rings. The molecular weight excluding hydrogens is 354 g/mol. The quantitative estimate of drug-likeness (QED) is 0.715. The number of hydrogen-bond acceptors (Lipinski definition) is 5. The van der Waals surface area contributed by atoms with Gasteiger partial charge in [0.15, 0.2) is 11.4 Å². The number of nitrogens with zero attached hydrogens (tertiary/aromatic N) is 3. The molecule has 1 saturated heterocycles. The first-order valence-electron chi connectivity index (χ1n) is 10.8. The molecule has 2 fully saturated rings. The van der Waals surface area contributed by atoms with Crippen molar-refractivity contribution in [2.24, 2.45) is 0 Å². The van der Waals surface area contributed by atoms with Crippen LogP contribution in [0.2, 0.25) is 0 Å². The van der Waals surface area contributed by atoms with E-state index in [2.05, 4.69) is 9.80 Å². The van der Waals surface area contributed by atoms with Gasteiger partial charge in [-0.1, -0.05) is 26.2 Å². The average molecular weight is 386 g/mol. The van der Waals surface area contributed by atoms with Crippen molar-refractivity contribution >= 4 is 16.9 Å². The van der Waals surface area contributed by atoms with Gasteiger partial charge in [-0.25, -0.2) is 4.79 Å². The molecule has 1 aliphatic heterocycles. The maximum absolute atomic E-state index is 12.3. The number of oxazole rings is 1. The first-order valence-corrected chi connectivity index (χ1v) is 10.8. The van der Waals surface area contributed by atoms with E-state index in [-0.39, 0.29) is 11.5 Å². The van der Waals surface area contributed by atoms with Crippen LogP contribution in [0.5, 0.6) is 0 Å². The van der Waals surface area contributed by atoms with E-state index in [1.54, 1.807) is 16.7 Å². The van der Waals surface area contributed by atoms with Crippen LogP contribution in [0.4, 0.5) is 0 Å². The van der Waals surface area contributed by atoms with Crippen LogP contribution in [0.15, 0.2) is 27.4 Å². The summed E-state index contributed by atoms with van der Waals surface area (Å²) < 4.78 is 7.10. The Labute approximate surface area is 166 Å². The Hall–Kier alpha value is -1.92. The summed E-state index contributed by atoms with van der Waals surface area (Å²) in [4.78, 5) is 29.3. The van der Waals surface area contributed by atoms with Crippen LogP contribution in [-0.2, 0) is 6.54 Å². The molecule has 1 aromatic heterocycles. The van der Waals surface area contributed by atoms with Crippen molar-refractivity contribution in [1.82, 2.24) is 14.4 Å². The maximum atomic E-state index is 12.3. The standard InChI is InChI=1S/C22H31N3O3/c1-2-20(26)17-8-9-19-21(16-17)28-22(27)25(19)15-12-23-10-13-24(14-11-23)18-6-4-3-5-7-18/h8-9,16,18H,2-7,10-15H2,1H3. The zero-order valence-corrected chi connectivity index (χ0v) is 16.9. The molecule has 28 heavy (non-hydrogen) atoms. The number of rotatable bonds is 6. The van der Waals surface area contributed by atoms with Crippen molar-refractivity contribution in [2.45, 2.75) is 58.0 Å². The van der Waals surface area contributed by atoms with Crippen molar-refractivity contribution in [2.75, 3.05) is 32.7 Å². The molecule has 0 amide bonds. The van der Waals surface area contributed by atoms with Gasteiger partial charge in [0.25, 0.3) is 0 Å². The number of benzene rings is 1. The summed E-state index contributed by atoms with van der Waals surface area (Å²) in [6.45, 7) is 7.70. The summed E-state index contributed by atoms with van der Waals surface area (Å²) in [7, 11) is 0. The van der Waals surface area contributed by atoms with Crippen LogP contribution in [0.3, 0.4) is 0 Å². The fourth-order valence-electron chi connectivity index (χ4n) is 4.70. The summed E-state index contributed by atoms with van der Waals surface area (Å²) in [5, 5.41) is 0. The van der Waals surface area contributed by atoms with Crippen LogP contribution in [0.1, 0.15) is 55.8 Å². The third-order valence-electron chi connectivity index (χ3n) is 6.45. The van der Waals surface area contributed by atoms with Crippen molar-refractivity contribution in [1.29, 1.82) is 0 Å². The Morgan fingerprint density at radius 1 is 1.07 bits per heavy atom. The van der Waals surface area contributed by atoms with Crippen molar-refractivity contribution < 1.29 is 9.21 Å². The number of fused-ring (bicyclic) bond motifs is 1. The van der Waals surface area contributed by atoms with Gasteiger partial charge in [0, 0.05) is 57.3 Å². The SMILES string of the molecule is CCC(=O)c1ccc2c(c1)oc(=O)n2CCN1CCN(C2CCCCC2)CC1. The minimum atomic E-state index is -0.336. The highest BCUT2D eigenvalue weighted by Gasteiger charge is 2.25. The van der Waals surface area contributed by atoms with Crippen molar-refractivity contribution in [3.05, 3.63) is 34.3 Å². The number of carbonyl (C=O) groups excluding carboxylic acids is 1. The molecule has 0 atom stereocenters. The van der Waals surface area contributed by atoms with Gasteiger partial charge in [-0.05, 0) is 31.0 Å². The van der Waals surface area contributed by atoms with Gasteiger partial charge in [-0.3, -0.25) is 19.2 Å². The number of carbonyl (C=O) groups is 1. The molecule has 1 aromatic carbocycles. The van der Waals surface area contributed by atoms with Gasteiger partial charge in [-0.2, -0.15) is 0 Å². The van der Waals surface area contributed by atoms with Crippen molar-refractivity contribution in [3.63, 3.8) is 0 Å². The summed E-state index contributed by atoms with van der Waals surface area (Å²) in [5.41, 5.74) is 1.89. The number of Topliss-reactive ketones (excluding diaryl/α,β-unsaturated/α-hetero) is 1. The maximum Gasteiger partial charge on any atom is 0.419 e. The summed E-state index contributed by atoms with van der Waals surface area (Å²) in [5.74, 6) is -0.273. The second kappa shape index (κ2) is 8.62. The molecule has 2 aromatic rings. The van der Waals surface area contributed by atoms with E-state index >= 15 is 0 Å². The molecule has 0 unspecified atom stereocenters. The Morgan fingerprint density at radius 3 is 2.54 bits per heavy atom. The molecule has 4 rings (SSSR count). The monoisotopic (exact) mass is 385 g/mol. The second-order valence-electron chi connectivity index (χ2n) is 8.15. The first-order chi connectivity index (χ1) is 13.7. The molecule has 152 valence electrons. The van der Waals surface area contributed by atoms with E-state index in [0.29, 0.717) is 24.1 Å². The van der Waals surface area contributed by atoms with Crippen LogP contribution >= 0.6 is 0 Å². The number of piperazine rings is 1. The predicted octanol–water partition coefficient (Wildman–Crippen LogP) is 3.14. The zero-order valence-electron chi connectivity index (χ0n) is 16.9. The highest BCUT2D eigenvalue weighted by Crippen LogP contribution is 2.23. The highest BCUT2D eigenvalue weighted by atomic mass is 16.4. The molecule has 1 aliphatic carbocycles. The largest absolute Gasteiger partial charge is 0.419 e. The first kappa shape index (κ1) is 19.4. The van der Waals surface area contributed by atoms with E-state index in [1.165, 1.54) is 32.1 Å². The molecule has 6 heteroatoms. The van der Waals surface area contributed by atoms with Crippen molar-refractivity contribution in [3.8, 4) is 0 Å². The lowest BCUT2D eigenvalue weighted by Crippen LogP contribution is -2.51. The Balaban J connectivity index is 1.36. The molecule has 0 radical (unpaired) electrons. The van der Waals surface area contributed by atoms with E-state index in [0.717, 1.165) is 44.3 Å². The van der Waals surface area contributed by atoms with Gasteiger partial charge >= 0.3 is 5.76 Å². The third-order valence-corrected chi connectivity index (χ3v) is 6.45. The average Bonchev–Trinajstić information content (AvgIpc) is 3.06. The minimum absolute atomic E-state index is 0.0631. The molecule has 0 spiro atoms. The minimum Gasteiger partial charge on any atom is -0.408 e. The summed E-state index contributed by atoms with van der Waals surface area (Å²) in [6.07, 6.45) is 7.33. The lowest BCUT2D eigenvalue weighted by atomic mass is 9.94. The lowest BCUT2D eigenvalue weighted by molar-refractivity contribution is 0.0772. The van der Waals surface area contributed by atoms with E-state index in [1.807, 2.05) is 13.0 Å². The smallest absolute Gasteiger partial charge is 0.408 e. The van der Waals surface area contributed by atoms with E-state index < -0.39 is 0 Å². The topological polar surface area (TPSA) is 58.7 Å². The number of aromatic nitrogens is 1. The molecule has 0 bridgehead atoms. The predicted molar refractivity (Wildman–Crippen MR) is 110 cm³/mol. The van der Waals surface area contributed by atoms with Crippen LogP contribution in [0.25, 0.3) is 11.1 Å². The van der Waals surface area contributed by atoms with E-state index in [9.17, 15) is 9.59 Å². The van der Waals surface area contributed by atoms with Crippen LogP contribution < -0.4 is 5.76 Å². The molecular formula is C22H31N3O3. The van der Waals surface area contributed by atoms with Gasteiger partial charge in [0.2, 0.25) is 0 Å². The number of hydrogen-bond donors (Lipinski definition) is 0. The summed E-state index contributed by atoms with van der Waals surface area (Å²) >= 11 is 0. The number of ketones is 1. The van der Waals surface area contributed by atoms with Gasteiger partial charge < -0.3 is 4.42 Å². The Kier molecular flexibility index (Phi) is 5.97. The second-order valence-corrected chi connectivity index (χ2v) is 8.15. The fourth-order valence-corrected chi connectivity index (χ4v) is 4.70. The van der Waals surface area contributed by atoms with Crippen LogP contribution in [-0.4, -0.2) is 58.9 Å². The lowest BCUT2D eigenvalue weighted by Gasteiger charge is -2.40. The highest BCUT2D eigenvalue weighted by molar-refractivity contribution is 5.98. The summed E-state index contributed by atoms with van der Waals surface area (Å²) in [6, 6.07) is 6.12. The molecule has 2 heterocycles. The van der Waals surface area contributed by atoms with E-state index in [4.69, 9.17) is 4.42 Å². The Morgan fingerprint density at radius 2 is 1.82 bits per heavy atom. The zero-order chi connectivity index (χ0) is 19.5.